The summed E-state index contributed by atoms with van der Waals surface area (Å²) in [6.45, 7) is 2.37. The van der Waals surface area contributed by atoms with Gasteiger partial charge in [-0.25, -0.2) is 4.98 Å². The van der Waals surface area contributed by atoms with Crippen molar-refractivity contribution >= 4 is 23.3 Å². The van der Waals surface area contributed by atoms with Crippen LogP contribution < -0.4 is 24.4 Å². The number of rotatable bonds is 2. The maximum atomic E-state index is 12.8. The molecule has 8 nitrogen and oxygen atoms in total. The van der Waals surface area contributed by atoms with E-state index in [9.17, 15) is 9.59 Å². The average Bonchev–Trinajstić information content (AvgIpc) is 2.66. The van der Waals surface area contributed by atoms with Crippen molar-refractivity contribution in [1.29, 1.82) is 0 Å². The first-order valence-electron chi connectivity index (χ1n) is 8.12. The fraction of sp³-hybridized carbons (Fsp3) is 0.278. The third kappa shape index (κ3) is 2.50. The Kier molecular flexibility index (Phi) is 3.68. The molecule has 134 valence electrons. The molecule has 1 N–H and O–H groups in total. The highest BCUT2D eigenvalue weighted by molar-refractivity contribution is 6.19. The van der Waals surface area contributed by atoms with E-state index in [0.29, 0.717) is 42.0 Å². The Morgan fingerprint density at radius 3 is 2.77 bits per heavy atom. The van der Waals surface area contributed by atoms with Crippen LogP contribution in [0.1, 0.15) is 6.92 Å². The summed E-state index contributed by atoms with van der Waals surface area (Å²) in [6.07, 6.45) is 1.56. The third-order valence-corrected chi connectivity index (χ3v) is 4.33. The number of hydrogen-bond acceptors (Lipinski definition) is 6. The van der Waals surface area contributed by atoms with Crippen molar-refractivity contribution < 1.29 is 23.8 Å². The first-order chi connectivity index (χ1) is 12.5. The van der Waals surface area contributed by atoms with Gasteiger partial charge in [0, 0.05) is 25.0 Å². The highest BCUT2D eigenvalue weighted by Gasteiger charge is 2.50. The zero-order valence-corrected chi connectivity index (χ0v) is 14.3. The number of ether oxygens (including phenoxy) is 3. The minimum atomic E-state index is -1.71. The van der Waals surface area contributed by atoms with Crippen molar-refractivity contribution in [2.24, 2.45) is 0 Å². The van der Waals surface area contributed by atoms with Crippen molar-refractivity contribution in [3.63, 3.8) is 0 Å². The summed E-state index contributed by atoms with van der Waals surface area (Å²) in [7, 11) is 1.56. The summed E-state index contributed by atoms with van der Waals surface area (Å²) in [5.41, 5.74) is -1.23. The lowest BCUT2D eigenvalue weighted by molar-refractivity contribution is -0.145. The molecule has 2 aliphatic rings. The molecule has 0 spiro atoms. The van der Waals surface area contributed by atoms with Gasteiger partial charge in [0.05, 0.1) is 0 Å². The largest absolute Gasteiger partial charge is 0.486 e. The molecule has 0 saturated heterocycles. The molecule has 0 bridgehead atoms. The quantitative estimate of drug-likeness (QED) is 0.823. The second kappa shape index (κ2) is 5.91. The third-order valence-electron chi connectivity index (χ3n) is 4.33. The zero-order valence-electron chi connectivity index (χ0n) is 14.3. The van der Waals surface area contributed by atoms with Gasteiger partial charge in [0.25, 0.3) is 17.4 Å². The van der Waals surface area contributed by atoms with E-state index >= 15 is 0 Å². The standard InChI is InChI=1S/C18H17N3O5/c1-18(17(23)21(2)15-13(26-18)4-3-7-19-15)16(22)20-11-5-6-12-14(10-11)25-9-8-24-12/h3-7,10H,8-9H2,1-2H3,(H,20,22). The van der Waals surface area contributed by atoms with Gasteiger partial charge in [0.1, 0.15) is 13.2 Å². The fourth-order valence-electron chi connectivity index (χ4n) is 2.91. The first-order valence-corrected chi connectivity index (χ1v) is 8.12. The number of carbonyl (C=O) groups is 2. The number of carbonyl (C=O) groups excluding carboxylic acids is 2. The zero-order chi connectivity index (χ0) is 18.3. The van der Waals surface area contributed by atoms with E-state index in [1.165, 1.54) is 11.8 Å². The SMILES string of the molecule is CN1C(=O)C(C)(C(=O)Nc2ccc3c(c2)OCCO3)Oc2cccnc21. The Morgan fingerprint density at radius 2 is 1.96 bits per heavy atom. The van der Waals surface area contributed by atoms with E-state index in [4.69, 9.17) is 14.2 Å². The van der Waals surface area contributed by atoms with Gasteiger partial charge in [0.2, 0.25) is 0 Å². The number of nitrogens with zero attached hydrogens (tertiary/aromatic N) is 2. The Bertz CT molecular complexity index is 900. The van der Waals surface area contributed by atoms with Crippen molar-refractivity contribution in [3.8, 4) is 17.2 Å². The summed E-state index contributed by atoms with van der Waals surface area (Å²) in [5.74, 6) is 0.822. The molecule has 1 atom stereocenters. The van der Waals surface area contributed by atoms with Crippen LogP contribution in [0.3, 0.4) is 0 Å². The molecule has 0 aliphatic carbocycles. The molecule has 8 heteroatoms. The van der Waals surface area contributed by atoms with Crippen LogP contribution in [0.25, 0.3) is 0 Å². The topological polar surface area (TPSA) is 90.0 Å². The summed E-state index contributed by atoms with van der Waals surface area (Å²) in [6, 6.07) is 8.40. The maximum absolute atomic E-state index is 12.8. The van der Waals surface area contributed by atoms with Crippen molar-refractivity contribution in [2.45, 2.75) is 12.5 Å². The highest BCUT2D eigenvalue weighted by Crippen LogP contribution is 2.36. The number of anilines is 2. The summed E-state index contributed by atoms with van der Waals surface area (Å²) in [5, 5.41) is 2.72. The van der Waals surface area contributed by atoms with Crippen LogP contribution in [0.2, 0.25) is 0 Å². The van der Waals surface area contributed by atoms with Crippen LogP contribution in [-0.4, -0.2) is 42.7 Å². The molecular weight excluding hydrogens is 338 g/mol. The van der Waals surface area contributed by atoms with Crippen LogP contribution in [0.15, 0.2) is 36.5 Å². The van der Waals surface area contributed by atoms with E-state index < -0.39 is 17.4 Å². The molecule has 0 saturated carbocycles. The summed E-state index contributed by atoms with van der Waals surface area (Å²) < 4.78 is 16.7. The molecule has 26 heavy (non-hydrogen) atoms. The lowest BCUT2D eigenvalue weighted by Crippen LogP contribution is -2.60. The van der Waals surface area contributed by atoms with Gasteiger partial charge in [-0.1, -0.05) is 0 Å². The normalized spacial score (nSPS) is 20.8. The first kappa shape index (κ1) is 16.2. The number of aromatic nitrogens is 1. The number of nitrogens with one attached hydrogen (secondary N) is 1. The van der Waals surface area contributed by atoms with Crippen molar-refractivity contribution in [2.75, 3.05) is 30.5 Å². The van der Waals surface area contributed by atoms with Gasteiger partial charge in [0.15, 0.2) is 23.1 Å². The fourth-order valence-corrected chi connectivity index (χ4v) is 2.91. The van der Waals surface area contributed by atoms with Crippen LogP contribution >= 0.6 is 0 Å². The molecule has 2 aliphatic heterocycles. The van der Waals surface area contributed by atoms with E-state index in [0.717, 1.165) is 0 Å². The van der Waals surface area contributed by atoms with Gasteiger partial charge in [-0.2, -0.15) is 0 Å². The predicted octanol–water partition coefficient (Wildman–Crippen LogP) is 1.61. The second-order valence-electron chi connectivity index (χ2n) is 6.14. The Hall–Kier alpha value is -3.29. The smallest absolute Gasteiger partial charge is 0.281 e. The van der Waals surface area contributed by atoms with Gasteiger partial charge in [-0.05, 0) is 31.2 Å². The lowest BCUT2D eigenvalue weighted by Gasteiger charge is -2.36. The number of amides is 2. The molecule has 0 radical (unpaired) electrons. The van der Waals surface area contributed by atoms with Crippen LogP contribution in [-0.2, 0) is 9.59 Å². The van der Waals surface area contributed by atoms with Gasteiger partial charge in [-0.3, -0.25) is 14.5 Å². The van der Waals surface area contributed by atoms with Crippen LogP contribution in [0, 0.1) is 0 Å². The molecule has 4 rings (SSSR count). The monoisotopic (exact) mass is 355 g/mol. The summed E-state index contributed by atoms with van der Waals surface area (Å²) >= 11 is 0. The molecule has 3 heterocycles. The molecule has 2 aromatic rings. The molecular formula is C18H17N3O5. The second-order valence-corrected chi connectivity index (χ2v) is 6.14. The van der Waals surface area contributed by atoms with Gasteiger partial charge >= 0.3 is 0 Å². The Morgan fingerprint density at radius 1 is 1.19 bits per heavy atom. The van der Waals surface area contributed by atoms with Gasteiger partial charge in [-0.15, -0.1) is 0 Å². The van der Waals surface area contributed by atoms with Gasteiger partial charge < -0.3 is 19.5 Å². The molecule has 1 unspecified atom stereocenters. The Labute approximate surface area is 149 Å². The molecule has 0 fully saturated rings. The number of likely N-dealkylation sites (N-methyl/N-ethyl adjacent to an activating group) is 1. The van der Waals surface area contributed by atoms with E-state index in [-0.39, 0.29) is 0 Å². The minimum Gasteiger partial charge on any atom is -0.486 e. The maximum Gasteiger partial charge on any atom is 0.281 e. The molecule has 1 aromatic heterocycles. The predicted molar refractivity (Wildman–Crippen MR) is 92.7 cm³/mol. The van der Waals surface area contributed by atoms with E-state index in [1.54, 1.807) is 43.6 Å². The Balaban J connectivity index is 1.60. The average molecular weight is 355 g/mol. The van der Waals surface area contributed by atoms with Crippen molar-refractivity contribution in [1.82, 2.24) is 4.98 Å². The summed E-state index contributed by atoms with van der Waals surface area (Å²) in [4.78, 5) is 31.0. The van der Waals surface area contributed by atoms with E-state index in [1.807, 2.05) is 0 Å². The number of fused-ring (bicyclic) bond motifs is 2. The highest BCUT2D eigenvalue weighted by atomic mass is 16.6. The number of pyridine rings is 1. The van der Waals surface area contributed by atoms with E-state index in [2.05, 4.69) is 10.3 Å². The number of hydrogen-bond donors (Lipinski definition) is 1. The lowest BCUT2D eigenvalue weighted by atomic mass is 10.0. The number of benzene rings is 1. The molecule has 2 amide bonds. The molecule has 1 aromatic carbocycles. The van der Waals surface area contributed by atoms with Crippen LogP contribution in [0.5, 0.6) is 17.2 Å². The minimum absolute atomic E-state index is 0.370. The van der Waals surface area contributed by atoms with Crippen LogP contribution in [0.4, 0.5) is 11.5 Å². The van der Waals surface area contributed by atoms with Crippen molar-refractivity contribution in [3.05, 3.63) is 36.5 Å².